The van der Waals surface area contributed by atoms with Crippen LogP contribution in [0.25, 0.3) is 0 Å². The molecule has 0 spiro atoms. The van der Waals surface area contributed by atoms with Gasteiger partial charge < -0.3 is 0 Å². The number of nitrogens with zero attached hydrogens (tertiary/aromatic N) is 1. The molecule has 1 heterocycles. The number of likely N-dealkylation sites (N-methyl/N-ethyl adjacent to an activating group) is 1. The van der Waals surface area contributed by atoms with E-state index in [-0.39, 0.29) is 5.78 Å². The lowest BCUT2D eigenvalue weighted by Crippen LogP contribution is -2.25. The van der Waals surface area contributed by atoms with E-state index in [9.17, 15) is 4.79 Å². The molecule has 0 amide bonds. The van der Waals surface area contributed by atoms with Crippen molar-refractivity contribution in [2.24, 2.45) is 0 Å². The van der Waals surface area contributed by atoms with Gasteiger partial charge in [0.1, 0.15) is 0 Å². The van der Waals surface area contributed by atoms with E-state index in [4.69, 9.17) is 0 Å². The van der Waals surface area contributed by atoms with Crippen LogP contribution < -0.4 is 0 Å². The molecular formula is C16H19NOS. The van der Waals surface area contributed by atoms with Crippen LogP contribution in [0, 0.1) is 13.8 Å². The van der Waals surface area contributed by atoms with Crippen LogP contribution in [0.3, 0.4) is 0 Å². The first kappa shape index (κ1) is 14.0. The van der Waals surface area contributed by atoms with E-state index in [1.165, 1.54) is 11.1 Å². The van der Waals surface area contributed by atoms with E-state index in [0.717, 1.165) is 17.7 Å². The van der Waals surface area contributed by atoms with Crippen molar-refractivity contribution in [3.8, 4) is 0 Å². The first-order valence-corrected chi connectivity index (χ1v) is 7.30. The second kappa shape index (κ2) is 6.13. The molecule has 0 unspecified atom stereocenters. The molecule has 0 radical (unpaired) electrons. The van der Waals surface area contributed by atoms with Crippen molar-refractivity contribution >= 4 is 17.1 Å². The summed E-state index contributed by atoms with van der Waals surface area (Å²) in [5.41, 5.74) is 4.36. The summed E-state index contributed by atoms with van der Waals surface area (Å²) in [5, 5.41) is 4.19. The van der Waals surface area contributed by atoms with Crippen LogP contribution in [-0.4, -0.2) is 24.3 Å². The highest BCUT2D eigenvalue weighted by Gasteiger charge is 2.12. The van der Waals surface area contributed by atoms with E-state index >= 15 is 0 Å². The maximum absolute atomic E-state index is 12.3. The van der Waals surface area contributed by atoms with Gasteiger partial charge in [-0.2, -0.15) is 11.3 Å². The Balaban J connectivity index is 2.00. The Morgan fingerprint density at radius 3 is 2.68 bits per heavy atom. The summed E-state index contributed by atoms with van der Waals surface area (Å²) in [6.45, 7) is 5.32. The second-order valence-electron chi connectivity index (χ2n) is 5.05. The summed E-state index contributed by atoms with van der Waals surface area (Å²) in [6.07, 6.45) is 0. The highest BCUT2D eigenvalue weighted by atomic mass is 32.1. The predicted octanol–water partition coefficient (Wildman–Crippen LogP) is 3.68. The number of ketones is 1. The predicted molar refractivity (Wildman–Crippen MR) is 80.9 cm³/mol. The Bertz CT molecular complexity index is 560. The third kappa shape index (κ3) is 3.75. The molecule has 0 saturated heterocycles. The molecule has 0 N–H and O–H groups in total. The molecular weight excluding hydrogens is 254 g/mol. The zero-order chi connectivity index (χ0) is 13.8. The molecule has 19 heavy (non-hydrogen) atoms. The highest BCUT2D eigenvalue weighted by molar-refractivity contribution is 7.07. The van der Waals surface area contributed by atoms with Crippen molar-refractivity contribution in [3.05, 3.63) is 57.3 Å². The van der Waals surface area contributed by atoms with Crippen molar-refractivity contribution in [2.75, 3.05) is 13.6 Å². The van der Waals surface area contributed by atoms with Crippen LogP contribution in [0.15, 0.2) is 35.0 Å². The maximum atomic E-state index is 12.3. The average molecular weight is 273 g/mol. The summed E-state index contributed by atoms with van der Waals surface area (Å²) in [7, 11) is 1.99. The monoisotopic (exact) mass is 273 g/mol. The molecule has 0 bridgehead atoms. The van der Waals surface area contributed by atoms with Crippen LogP contribution in [-0.2, 0) is 6.54 Å². The molecule has 1 aromatic carbocycles. The van der Waals surface area contributed by atoms with E-state index < -0.39 is 0 Å². The number of hydrogen-bond acceptors (Lipinski definition) is 3. The van der Waals surface area contributed by atoms with Crippen LogP contribution >= 0.6 is 11.3 Å². The Labute approximate surface area is 118 Å². The number of rotatable bonds is 5. The minimum Gasteiger partial charge on any atom is -0.295 e. The average Bonchev–Trinajstić information content (AvgIpc) is 2.81. The first-order chi connectivity index (χ1) is 9.06. The van der Waals surface area contributed by atoms with Gasteiger partial charge in [0.2, 0.25) is 0 Å². The van der Waals surface area contributed by atoms with Gasteiger partial charge in [-0.25, -0.2) is 0 Å². The van der Waals surface area contributed by atoms with Crippen LogP contribution in [0.2, 0.25) is 0 Å². The zero-order valence-electron chi connectivity index (χ0n) is 11.6. The fraction of sp³-hybridized carbons (Fsp3) is 0.312. The molecule has 1 aromatic heterocycles. The van der Waals surface area contributed by atoms with Crippen molar-refractivity contribution in [1.29, 1.82) is 0 Å². The van der Waals surface area contributed by atoms with Crippen molar-refractivity contribution in [2.45, 2.75) is 20.4 Å². The molecule has 3 heteroatoms. The topological polar surface area (TPSA) is 20.3 Å². The fourth-order valence-electron chi connectivity index (χ4n) is 2.21. The largest absolute Gasteiger partial charge is 0.295 e. The zero-order valence-corrected chi connectivity index (χ0v) is 12.5. The number of benzene rings is 1. The minimum atomic E-state index is 0.190. The Morgan fingerprint density at radius 2 is 2.05 bits per heavy atom. The molecule has 100 valence electrons. The normalized spacial score (nSPS) is 10.9. The van der Waals surface area contributed by atoms with Gasteiger partial charge in [0.15, 0.2) is 5.78 Å². The number of carbonyl (C=O) groups is 1. The van der Waals surface area contributed by atoms with Gasteiger partial charge in [0.25, 0.3) is 0 Å². The Morgan fingerprint density at radius 1 is 1.26 bits per heavy atom. The number of hydrogen-bond donors (Lipinski definition) is 0. The van der Waals surface area contributed by atoms with E-state index in [1.807, 2.05) is 33.0 Å². The lowest BCUT2D eigenvalue weighted by Gasteiger charge is -2.15. The van der Waals surface area contributed by atoms with Crippen LogP contribution in [0.4, 0.5) is 0 Å². The number of aryl methyl sites for hydroxylation is 2. The van der Waals surface area contributed by atoms with Crippen molar-refractivity contribution < 1.29 is 4.79 Å². The lowest BCUT2D eigenvalue weighted by molar-refractivity contribution is 0.0942. The maximum Gasteiger partial charge on any atom is 0.177 e. The lowest BCUT2D eigenvalue weighted by atomic mass is 10.0. The van der Waals surface area contributed by atoms with Gasteiger partial charge in [0.05, 0.1) is 6.54 Å². The van der Waals surface area contributed by atoms with Crippen molar-refractivity contribution in [3.63, 3.8) is 0 Å². The Kier molecular flexibility index (Phi) is 4.51. The molecule has 0 fully saturated rings. The molecule has 2 rings (SSSR count). The number of Topliss-reactive ketones (excluding diaryl/α,β-unsaturated/α-hetero) is 1. The van der Waals surface area contributed by atoms with E-state index in [1.54, 1.807) is 11.3 Å². The van der Waals surface area contributed by atoms with Gasteiger partial charge >= 0.3 is 0 Å². The standard InChI is InChI=1S/C16H19NOS/c1-12-4-5-15(13(2)8-12)16(18)10-17(3)9-14-6-7-19-11-14/h4-8,11H,9-10H2,1-3H3. The van der Waals surface area contributed by atoms with Crippen LogP contribution in [0.5, 0.6) is 0 Å². The summed E-state index contributed by atoms with van der Waals surface area (Å²) in [6, 6.07) is 8.10. The summed E-state index contributed by atoms with van der Waals surface area (Å²) in [5.74, 6) is 0.190. The van der Waals surface area contributed by atoms with Gasteiger partial charge in [-0.05, 0) is 48.8 Å². The molecule has 0 atom stereocenters. The quantitative estimate of drug-likeness (QED) is 0.775. The first-order valence-electron chi connectivity index (χ1n) is 6.36. The Hall–Kier alpha value is -1.45. The summed E-state index contributed by atoms with van der Waals surface area (Å²) >= 11 is 1.69. The third-order valence-corrected chi connectivity index (χ3v) is 3.86. The minimum absolute atomic E-state index is 0.190. The van der Waals surface area contributed by atoms with Gasteiger partial charge in [-0.3, -0.25) is 9.69 Å². The molecule has 0 aliphatic carbocycles. The SMILES string of the molecule is Cc1ccc(C(=O)CN(C)Cc2ccsc2)c(C)c1. The third-order valence-electron chi connectivity index (χ3n) is 3.13. The van der Waals surface area contributed by atoms with Gasteiger partial charge in [-0.1, -0.05) is 23.8 Å². The molecule has 0 saturated carbocycles. The van der Waals surface area contributed by atoms with Crippen molar-refractivity contribution in [1.82, 2.24) is 4.90 Å². The van der Waals surface area contributed by atoms with E-state index in [2.05, 4.69) is 27.8 Å². The molecule has 2 nitrogen and oxygen atoms in total. The molecule has 0 aliphatic heterocycles. The molecule has 2 aromatic rings. The summed E-state index contributed by atoms with van der Waals surface area (Å²) in [4.78, 5) is 14.3. The highest BCUT2D eigenvalue weighted by Crippen LogP contribution is 2.13. The summed E-state index contributed by atoms with van der Waals surface area (Å²) < 4.78 is 0. The molecule has 0 aliphatic rings. The van der Waals surface area contributed by atoms with Gasteiger partial charge in [-0.15, -0.1) is 0 Å². The van der Waals surface area contributed by atoms with Crippen LogP contribution in [0.1, 0.15) is 27.0 Å². The van der Waals surface area contributed by atoms with E-state index in [0.29, 0.717) is 6.54 Å². The number of thiophene rings is 1. The van der Waals surface area contributed by atoms with Gasteiger partial charge in [0, 0.05) is 12.1 Å². The fourth-order valence-corrected chi connectivity index (χ4v) is 2.87. The number of carbonyl (C=O) groups excluding carboxylic acids is 1. The second-order valence-corrected chi connectivity index (χ2v) is 5.83. The smallest absolute Gasteiger partial charge is 0.177 e.